The van der Waals surface area contributed by atoms with Crippen molar-refractivity contribution >= 4 is 11.9 Å². The standard InChI is InChI=1S/C11H11N5O3/c1-6-5-8(10(18)19)14-11(13-6)16-4-3-7(15-16)9(17)12-2/h3-5H,1-2H3,(H,12,17)(H,18,19). The molecule has 0 radical (unpaired) electrons. The Bertz CT molecular complexity index is 650. The van der Waals surface area contributed by atoms with Gasteiger partial charge in [0.15, 0.2) is 11.4 Å². The largest absolute Gasteiger partial charge is 0.477 e. The molecule has 0 fully saturated rings. The topological polar surface area (TPSA) is 110 Å². The molecule has 8 nitrogen and oxygen atoms in total. The third kappa shape index (κ3) is 2.57. The van der Waals surface area contributed by atoms with Gasteiger partial charge in [-0.3, -0.25) is 4.79 Å². The van der Waals surface area contributed by atoms with Crippen molar-refractivity contribution in [3.05, 3.63) is 35.4 Å². The minimum absolute atomic E-state index is 0.104. The lowest BCUT2D eigenvalue weighted by atomic mass is 10.3. The number of nitrogens with one attached hydrogen (secondary N) is 1. The molecule has 2 N–H and O–H groups in total. The van der Waals surface area contributed by atoms with E-state index in [0.29, 0.717) is 5.69 Å². The van der Waals surface area contributed by atoms with Crippen molar-refractivity contribution in [1.29, 1.82) is 0 Å². The number of carbonyl (C=O) groups excluding carboxylic acids is 1. The third-order valence-electron chi connectivity index (χ3n) is 2.32. The number of rotatable bonds is 3. The average molecular weight is 261 g/mol. The van der Waals surface area contributed by atoms with Crippen molar-refractivity contribution in [2.75, 3.05) is 7.05 Å². The lowest BCUT2D eigenvalue weighted by molar-refractivity contribution is 0.0689. The number of hydrogen-bond donors (Lipinski definition) is 2. The van der Waals surface area contributed by atoms with Gasteiger partial charge in [-0.2, -0.15) is 5.10 Å². The summed E-state index contributed by atoms with van der Waals surface area (Å²) in [5.74, 6) is -1.39. The second-order valence-electron chi connectivity index (χ2n) is 3.72. The highest BCUT2D eigenvalue weighted by molar-refractivity contribution is 5.91. The van der Waals surface area contributed by atoms with Gasteiger partial charge in [-0.25, -0.2) is 19.4 Å². The Morgan fingerprint density at radius 1 is 1.32 bits per heavy atom. The smallest absolute Gasteiger partial charge is 0.354 e. The molecule has 0 aliphatic carbocycles. The molecule has 2 aromatic heterocycles. The van der Waals surface area contributed by atoms with Gasteiger partial charge in [0.25, 0.3) is 11.9 Å². The Labute approximate surface area is 108 Å². The lowest BCUT2D eigenvalue weighted by Crippen LogP contribution is -2.19. The quantitative estimate of drug-likeness (QED) is 0.806. The van der Waals surface area contributed by atoms with Crippen molar-refractivity contribution in [2.45, 2.75) is 6.92 Å². The molecule has 0 spiro atoms. The summed E-state index contributed by atoms with van der Waals surface area (Å²) in [5, 5.41) is 15.3. The van der Waals surface area contributed by atoms with E-state index >= 15 is 0 Å². The molecule has 0 bridgehead atoms. The van der Waals surface area contributed by atoms with Crippen LogP contribution < -0.4 is 5.32 Å². The number of aromatic nitrogens is 4. The molecular weight excluding hydrogens is 250 g/mol. The van der Waals surface area contributed by atoms with Crippen LogP contribution in [0.3, 0.4) is 0 Å². The number of carbonyl (C=O) groups is 2. The van der Waals surface area contributed by atoms with Crippen LogP contribution >= 0.6 is 0 Å². The number of amides is 1. The third-order valence-corrected chi connectivity index (χ3v) is 2.32. The first-order valence-corrected chi connectivity index (χ1v) is 5.38. The molecule has 0 aliphatic heterocycles. The summed E-state index contributed by atoms with van der Waals surface area (Å²) in [6, 6.07) is 2.85. The van der Waals surface area contributed by atoms with E-state index in [1.54, 1.807) is 6.92 Å². The van der Waals surface area contributed by atoms with Crippen LogP contribution in [0.15, 0.2) is 18.3 Å². The summed E-state index contributed by atoms with van der Waals surface area (Å²) < 4.78 is 1.25. The lowest BCUT2D eigenvalue weighted by Gasteiger charge is -2.02. The molecule has 0 saturated carbocycles. The fraction of sp³-hybridized carbons (Fsp3) is 0.182. The van der Waals surface area contributed by atoms with E-state index < -0.39 is 5.97 Å². The second kappa shape index (κ2) is 4.84. The molecule has 2 rings (SSSR count). The molecular formula is C11H11N5O3. The first-order chi connectivity index (χ1) is 9.01. The highest BCUT2D eigenvalue weighted by atomic mass is 16.4. The van der Waals surface area contributed by atoms with Crippen LogP contribution in [0.1, 0.15) is 26.7 Å². The normalized spacial score (nSPS) is 10.2. The number of aryl methyl sites for hydroxylation is 1. The van der Waals surface area contributed by atoms with Crippen LogP contribution in [0.4, 0.5) is 0 Å². The van der Waals surface area contributed by atoms with Gasteiger partial charge in [-0.05, 0) is 19.1 Å². The van der Waals surface area contributed by atoms with E-state index in [1.807, 2.05) is 0 Å². The average Bonchev–Trinajstić information content (AvgIpc) is 2.86. The van der Waals surface area contributed by atoms with E-state index in [2.05, 4.69) is 20.4 Å². The predicted octanol–water partition coefficient (Wildman–Crippen LogP) is 0.0285. The Morgan fingerprint density at radius 3 is 2.68 bits per heavy atom. The second-order valence-corrected chi connectivity index (χ2v) is 3.72. The number of carboxylic acid groups (broad SMARTS) is 1. The van der Waals surface area contributed by atoms with Gasteiger partial charge >= 0.3 is 5.97 Å². The van der Waals surface area contributed by atoms with Gasteiger partial charge in [0.1, 0.15) is 0 Å². The molecule has 0 unspecified atom stereocenters. The number of aromatic carboxylic acids is 1. The fourth-order valence-electron chi connectivity index (χ4n) is 1.45. The summed E-state index contributed by atoms with van der Waals surface area (Å²) in [6.07, 6.45) is 1.49. The summed E-state index contributed by atoms with van der Waals surface area (Å²) in [4.78, 5) is 30.2. The zero-order chi connectivity index (χ0) is 14.0. The number of carboxylic acids is 1. The molecule has 98 valence electrons. The van der Waals surface area contributed by atoms with Crippen molar-refractivity contribution in [2.24, 2.45) is 0 Å². The Morgan fingerprint density at radius 2 is 2.05 bits per heavy atom. The zero-order valence-electron chi connectivity index (χ0n) is 10.3. The van der Waals surface area contributed by atoms with Crippen LogP contribution in [-0.4, -0.2) is 43.8 Å². The highest BCUT2D eigenvalue weighted by Crippen LogP contribution is 2.06. The van der Waals surface area contributed by atoms with Crippen molar-refractivity contribution in [3.8, 4) is 5.95 Å². The fourth-order valence-corrected chi connectivity index (χ4v) is 1.45. The zero-order valence-corrected chi connectivity index (χ0v) is 10.3. The van der Waals surface area contributed by atoms with Crippen molar-refractivity contribution in [3.63, 3.8) is 0 Å². The summed E-state index contributed by atoms with van der Waals surface area (Å²) in [7, 11) is 1.49. The SMILES string of the molecule is CNC(=O)c1ccn(-c2nc(C)cc(C(=O)O)n2)n1. The number of nitrogens with zero attached hydrogens (tertiary/aromatic N) is 4. The Kier molecular flexibility index (Phi) is 3.23. The molecule has 0 aliphatic rings. The molecule has 0 saturated heterocycles. The maximum absolute atomic E-state index is 11.4. The van der Waals surface area contributed by atoms with E-state index in [-0.39, 0.29) is 23.2 Å². The predicted molar refractivity (Wildman–Crippen MR) is 64.2 cm³/mol. The van der Waals surface area contributed by atoms with Crippen molar-refractivity contribution < 1.29 is 14.7 Å². The molecule has 2 heterocycles. The van der Waals surface area contributed by atoms with Gasteiger partial charge in [0.05, 0.1) is 0 Å². The van der Waals surface area contributed by atoms with Crippen LogP contribution in [0, 0.1) is 6.92 Å². The van der Waals surface area contributed by atoms with E-state index in [4.69, 9.17) is 5.11 Å². The van der Waals surface area contributed by atoms with Gasteiger partial charge in [0, 0.05) is 18.9 Å². The van der Waals surface area contributed by atoms with Gasteiger partial charge in [0.2, 0.25) is 0 Å². The Hall–Kier alpha value is -2.77. The van der Waals surface area contributed by atoms with Gasteiger partial charge in [-0.15, -0.1) is 0 Å². The summed E-state index contributed by atoms with van der Waals surface area (Å²) >= 11 is 0. The van der Waals surface area contributed by atoms with Crippen molar-refractivity contribution in [1.82, 2.24) is 25.1 Å². The van der Waals surface area contributed by atoms with Gasteiger partial charge in [-0.1, -0.05) is 0 Å². The van der Waals surface area contributed by atoms with Crippen LogP contribution in [-0.2, 0) is 0 Å². The monoisotopic (exact) mass is 261 g/mol. The minimum atomic E-state index is -1.15. The highest BCUT2D eigenvalue weighted by Gasteiger charge is 2.13. The summed E-state index contributed by atoms with van der Waals surface area (Å²) in [6.45, 7) is 1.65. The Balaban J connectivity index is 2.44. The first-order valence-electron chi connectivity index (χ1n) is 5.38. The molecule has 8 heteroatoms. The first kappa shape index (κ1) is 12.7. The molecule has 2 aromatic rings. The van der Waals surface area contributed by atoms with Crippen LogP contribution in [0.5, 0.6) is 0 Å². The minimum Gasteiger partial charge on any atom is -0.477 e. The molecule has 19 heavy (non-hydrogen) atoms. The maximum atomic E-state index is 11.4. The van der Waals surface area contributed by atoms with Crippen LogP contribution in [0.2, 0.25) is 0 Å². The van der Waals surface area contributed by atoms with Crippen LogP contribution in [0.25, 0.3) is 5.95 Å². The molecule has 1 amide bonds. The van der Waals surface area contributed by atoms with E-state index in [0.717, 1.165) is 0 Å². The van der Waals surface area contributed by atoms with E-state index in [1.165, 1.54) is 30.1 Å². The molecule has 0 atom stereocenters. The summed E-state index contributed by atoms with van der Waals surface area (Å²) in [5.41, 5.74) is 0.573. The van der Waals surface area contributed by atoms with E-state index in [9.17, 15) is 9.59 Å². The number of hydrogen-bond acceptors (Lipinski definition) is 5. The maximum Gasteiger partial charge on any atom is 0.354 e. The molecule has 0 aromatic carbocycles. The van der Waals surface area contributed by atoms with Gasteiger partial charge < -0.3 is 10.4 Å².